The average Bonchev–Trinajstić information content (AvgIpc) is 3.39. The van der Waals surface area contributed by atoms with Crippen LogP contribution in [0.15, 0.2) is 47.4 Å². The number of rotatable bonds is 5. The van der Waals surface area contributed by atoms with E-state index in [1.165, 1.54) is 19.3 Å². The van der Waals surface area contributed by atoms with Crippen LogP contribution in [0.25, 0.3) is 11.3 Å². The fourth-order valence-corrected chi connectivity index (χ4v) is 3.58. The molecule has 146 valence electrons. The third kappa shape index (κ3) is 4.05. The number of aromatic nitrogens is 4. The number of amides is 2. The third-order valence-corrected chi connectivity index (χ3v) is 5.08. The van der Waals surface area contributed by atoms with E-state index in [0.29, 0.717) is 24.0 Å². The molecule has 1 N–H and O–H groups in total. The van der Waals surface area contributed by atoms with Crippen molar-refractivity contribution in [3.8, 4) is 11.3 Å². The number of hydrogen-bond donors (Lipinski definition) is 1. The van der Waals surface area contributed by atoms with Crippen molar-refractivity contribution in [3.05, 3.63) is 48.6 Å². The SMILES string of the molecule is CN(Cc1cc(-c2cccnc2)no1)C(=O)Nc1ccnn1C1CCCCC1. The number of nitrogens with one attached hydrogen (secondary N) is 1. The normalized spacial score (nSPS) is 14.8. The van der Waals surface area contributed by atoms with Gasteiger partial charge in [-0.1, -0.05) is 24.4 Å². The highest BCUT2D eigenvalue weighted by molar-refractivity contribution is 5.88. The van der Waals surface area contributed by atoms with Gasteiger partial charge in [0.25, 0.3) is 0 Å². The second-order valence-electron chi connectivity index (χ2n) is 7.16. The Hall–Kier alpha value is -3.16. The molecule has 1 saturated carbocycles. The molecule has 8 nitrogen and oxygen atoms in total. The van der Waals surface area contributed by atoms with Crippen molar-refractivity contribution < 1.29 is 9.32 Å². The van der Waals surface area contributed by atoms with Gasteiger partial charge in [-0.05, 0) is 25.0 Å². The standard InChI is InChI=1S/C20H24N6O2/c1-25(14-17-12-18(24-28-17)15-6-5-10-21-13-15)20(27)23-19-9-11-22-26(19)16-7-3-2-4-8-16/h5-6,9-13,16H,2-4,7-8,14H2,1H3,(H,23,27). The van der Waals surface area contributed by atoms with Crippen LogP contribution in [0.2, 0.25) is 0 Å². The molecule has 0 unspecified atom stereocenters. The molecule has 2 amide bonds. The number of pyridine rings is 1. The molecule has 1 fully saturated rings. The van der Waals surface area contributed by atoms with E-state index in [9.17, 15) is 4.79 Å². The smallest absolute Gasteiger partial charge is 0.323 e. The molecule has 3 aromatic rings. The Labute approximate surface area is 163 Å². The Bertz CT molecular complexity index is 914. The second kappa shape index (κ2) is 8.24. The summed E-state index contributed by atoms with van der Waals surface area (Å²) in [7, 11) is 1.73. The zero-order valence-electron chi connectivity index (χ0n) is 15.9. The minimum Gasteiger partial charge on any atom is -0.359 e. The third-order valence-electron chi connectivity index (χ3n) is 5.08. The zero-order valence-corrected chi connectivity index (χ0v) is 15.9. The van der Waals surface area contributed by atoms with Gasteiger partial charge in [0.05, 0.1) is 18.8 Å². The fraction of sp³-hybridized carbons (Fsp3) is 0.400. The lowest BCUT2D eigenvalue weighted by atomic mass is 9.96. The summed E-state index contributed by atoms with van der Waals surface area (Å²) in [6, 6.07) is 7.58. The van der Waals surface area contributed by atoms with Crippen molar-refractivity contribution in [1.29, 1.82) is 0 Å². The van der Waals surface area contributed by atoms with E-state index in [2.05, 4.69) is 20.6 Å². The molecule has 4 rings (SSSR count). The van der Waals surface area contributed by atoms with E-state index >= 15 is 0 Å². The first-order valence-electron chi connectivity index (χ1n) is 9.62. The van der Waals surface area contributed by atoms with Crippen LogP contribution in [0.1, 0.15) is 43.9 Å². The molecule has 1 aliphatic rings. The van der Waals surface area contributed by atoms with Gasteiger partial charge >= 0.3 is 6.03 Å². The molecule has 0 spiro atoms. The van der Waals surface area contributed by atoms with Gasteiger partial charge in [0.2, 0.25) is 0 Å². The largest absolute Gasteiger partial charge is 0.359 e. The Balaban J connectivity index is 1.38. The molecule has 0 aromatic carbocycles. The highest BCUT2D eigenvalue weighted by Crippen LogP contribution is 2.30. The Morgan fingerprint density at radius 1 is 1.29 bits per heavy atom. The lowest BCUT2D eigenvalue weighted by Gasteiger charge is -2.24. The quantitative estimate of drug-likeness (QED) is 0.720. The van der Waals surface area contributed by atoms with Crippen molar-refractivity contribution in [1.82, 2.24) is 24.8 Å². The minimum atomic E-state index is -0.211. The molecule has 0 aliphatic heterocycles. The van der Waals surface area contributed by atoms with E-state index in [1.54, 1.807) is 30.5 Å². The molecule has 3 heterocycles. The van der Waals surface area contributed by atoms with Crippen LogP contribution in [0, 0.1) is 0 Å². The monoisotopic (exact) mass is 380 g/mol. The second-order valence-corrected chi connectivity index (χ2v) is 7.16. The highest BCUT2D eigenvalue weighted by Gasteiger charge is 2.20. The molecule has 8 heteroatoms. The fourth-order valence-electron chi connectivity index (χ4n) is 3.58. The van der Waals surface area contributed by atoms with Crippen molar-refractivity contribution in [2.45, 2.75) is 44.7 Å². The van der Waals surface area contributed by atoms with Crippen LogP contribution in [0.3, 0.4) is 0 Å². The van der Waals surface area contributed by atoms with Crippen LogP contribution in [-0.2, 0) is 6.54 Å². The van der Waals surface area contributed by atoms with Crippen molar-refractivity contribution in [3.63, 3.8) is 0 Å². The van der Waals surface area contributed by atoms with E-state index in [1.807, 2.05) is 28.9 Å². The number of carbonyl (C=O) groups is 1. The summed E-state index contributed by atoms with van der Waals surface area (Å²) in [6.07, 6.45) is 11.1. The van der Waals surface area contributed by atoms with Crippen LogP contribution in [0.4, 0.5) is 10.6 Å². The van der Waals surface area contributed by atoms with Gasteiger partial charge in [-0.3, -0.25) is 10.3 Å². The summed E-state index contributed by atoms with van der Waals surface area (Å²) in [6.45, 7) is 0.316. The predicted octanol–water partition coefficient (Wildman–Crippen LogP) is 4.10. The number of carbonyl (C=O) groups excluding carboxylic acids is 1. The molecule has 0 bridgehead atoms. The van der Waals surface area contributed by atoms with Gasteiger partial charge in [0.15, 0.2) is 5.76 Å². The molecule has 0 saturated heterocycles. The first kappa shape index (κ1) is 18.2. The molecular formula is C20H24N6O2. The van der Waals surface area contributed by atoms with Crippen molar-refractivity contribution >= 4 is 11.8 Å². The summed E-state index contributed by atoms with van der Waals surface area (Å²) in [4.78, 5) is 18.3. The van der Waals surface area contributed by atoms with Crippen LogP contribution >= 0.6 is 0 Å². The van der Waals surface area contributed by atoms with E-state index in [0.717, 1.165) is 24.2 Å². The maximum absolute atomic E-state index is 12.6. The molecule has 28 heavy (non-hydrogen) atoms. The van der Waals surface area contributed by atoms with Crippen LogP contribution in [0.5, 0.6) is 0 Å². The lowest BCUT2D eigenvalue weighted by molar-refractivity contribution is 0.213. The highest BCUT2D eigenvalue weighted by atomic mass is 16.5. The van der Waals surface area contributed by atoms with Crippen molar-refractivity contribution in [2.24, 2.45) is 0 Å². The molecular weight excluding hydrogens is 356 g/mol. The number of nitrogens with zero attached hydrogens (tertiary/aromatic N) is 5. The van der Waals surface area contributed by atoms with Gasteiger partial charge < -0.3 is 9.42 Å². The number of anilines is 1. The summed E-state index contributed by atoms with van der Waals surface area (Å²) >= 11 is 0. The van der Waals surface area contributed by atoms with Gasteiger partial charge in [-0.25, -0.2) is 9.48 Å². The van der Waals surface area contributed by atoms with Gasteiger partial charge in [0, 0.05) is 37.1 Å². The molecule has 0 radical (unpaired) electrons. The summed E-state index contributed by atoms with van der Waals surface area (Å²) in [5, 5.41) is 11.4. The molecule has 0 atom stereocenters. The topological polar surface area (TPSA) is 89.1 Å². The number of hydrogen-bond acceptors (Lipinski definition) is 5. The molecule has 1 aliphatic carbocycles. The van der Waals surface area contributed by atoms with Crippen LogP contribution < -0.4 is 5.32 Å². The van der Waals surface area contributed by atoms with E-state index < -0.39 is 0 Å². The van der Waals surface area contributed by atoms with E-state index in [-0.39, 0.29) is 6.03 Å². The Morgan fingerprint density at radius 2 is 2.14 bits per heavy atom. The Morgan fingerprint density at radius 3 is 2.93 bits per heavy atom. The predicted molar refractivity (Wildman–Crippen MR) is 105 cm³/mol. The molecule has 3 aromatic heterocycles. The zero-order chi connectivity index (χ0) is 19.3. The maximum Gasteiger partial charge on any atom is 0.323 e. The van der Waals surface area contributed by atoms with Crippen molar-refractivity contribution in [2.75, 3.05) is 12.4 Å². The maximum atomic E-state index is 12.6. The Kier molecular flexibility index (Phi) is 5.36. The van der Waals surface area contributed by atoms with Crippen LogP contribution in [-0.4, -0.2) is 37.9 Å². The minimum absolute atomic E-state index is 0.211. The first-order valence-corrected chi connectivity index (χ1v) is 9.62. The number of urea groups is 1. The lowest BCUT2D eigenvalue weighted by Crippen LogP contribution is -2.32. The van der Waals surface area contributed by atoms with E-state index in [4.69, 9.17) is 4.52 Å². The van der Waals surface area contributed by atoms with Gasteiger partial charge in [-0.2, -0.15) is 5.10 Å². The summed E-state index contributed by atoms with van der Waals surface area (Å²) < 4.78 is 7.32. The summed E-state index contributed by atoms with van der Waals surface area (Å²) in [5.74, 6) is 1.34. The van der Waals surface area contributed by atoms with Gasteiger partial charge in [-0.15, -0.1) is 0 Å². The summed E-state index contributed by atoms with van der Waals surface area (Å²) in [5.41, 5.74) is 1.58. The average molecular weight is 380 g/mol. The van der Waals surface area contributed by atoms with Gasteiger partial charge in [0.1, 0.15) is 11.5 Å². The first-order chi connectivity index (χ1) is 13.7.